The number of H-pyrrole nitrogens is 1. The third-order valence-electron chi connectivity index (χ3n) is 4.84. The van der Waals surface area contributed by atoms with Gasteiger partial charge in [-0.3, -0.25) is 14.7 Å². The Morgan fingerprint density at radius 3 is 2.72 bits per heavy atom. The second kappa shape index (κ2) is 7.67. The van der Waals surface area contributed by atoms with Gasteiger partial charge < -0.3 is 20.1 Å². The number of anilines is 1. The lowest BCUT2D eigenvalue weighted by atomic mass is 9.95. The van der Waals surface area contributed by atoms with Crippen LogP contribution in [0.2, 0.25) is 0 Å². The number of hydrogen-bond acceptors (Lipinski definition) is 5. The highest BCUT2D eigenvalue weighted by Gasteiger charge is 2.29. The summed E-state index contributed by atoms with van der Waals surface area (Å²) in [5.74, 6) is 1.07. The Balaban J connectivity index is 1.50. The van der Waals surface area contributed by atoms with Crippen LogP contribution >= 0.6 is 0 Å². The third-order valence-corrected chi connectivity index (χ3v) is 4.84. The molecule has 0 radical (unpaired) electrons. The standard InChI is InChI=1S/C21H20N4O4/c1-28-13-7-8-15(18(10-13)29-2)16-11-19(25-24-16)23-21(27)17-9-12-5-3-4-6-14(12)20(26)22-17/h3-8,10-11,17H,9H2,1-2H3,(H,22,26)(H2,23,24,25,27). The minimum Gasteiger partial charge on any atom is -0.497 e. The van der Waals surface area contributed by atoms with Crippen molar-refractivity contribution in [1.29, 1.82) is 0 Å². The van der Waals surface area contributed by atoms with Gasteiger partial charge in [-0.05, 0) is 23.8 Å². The molecule has 29 heavy (non-hydrogen) atoms. The highest BCUT2D eigenvalue weighted by molar-refractivity contribution is 6.03. The van der Waals surface area contributed by atoms with Crippen LogP contribution in [-0.2, 0) is 11.2 Å². The molecule has 2 aromatic carbocycles. The van der Waals surface area contributed by atoms with E-state index in [1.807, 2.05) is 24.3 Å². The molecule has 4 rings (SSSR count). The average Bonchev–Trinajstić information content (AvgIpc) is 3.21. The smallest absolute Gasteiger partial charge is 0.252 e. The minimum absolute atomic E-state index is 0.252. The molecule has 1 unspecified atom stereocenters. The van der Waals surface area contributed by atoms with Crippen LogP contribution in [0.5, 0.6) is 11.5 Å². The van der Waals surface area contributed by atoms with E-state index in [2.05, 4.69) is 20.8 Å². The maximum absolute atomic E-state index is 12.7. The average molecular weight is 392 g/mol. The van der Waals surface area contributed by atoms with E-state index < -0.39 is 6.04 Å². The third kappa shape index (κ3) is 3.64. The number of carbonyl (C=O) groups excluding carboxylic acids is 2. The predicted molar refractivity (Wildman–Crippen MR) is 107 cm³/mol. The number of fused-ring (bicyclic) bond motifs is 1. The summed E-state index contributed by atoms with van der Waals surface area (Å²) in [5.41, 5.74) is 2.91. The molecule has 148 valence electrons. The van der Waals surface area contributed by atoms with Crippen LogP contribution in [0.25, 0.3) is 11.3 Å². The fourth-order valence-electron chi connectivity index (χ4n) is 3.34. The molecule has 3 N–H and O–H groups in total. The van der Waals surface area contributed by atoms with Crippen LogP contribution in [0.1, 0.15) is 15.9 Å². The van der Waals surface area contributed by atoms with E-state index in [-0.39, 0.29) is 11.8 Å². The molecule has 2 heterocycles. The van der Waals surface area contributed by atoms with Gasteiger partial charge in [0.25, 0.3) is 5.91 Å². The molecule has 0 saturated heterocycles. The van der Waals surface area contributed by atoms with Gasteiger partial charge in [0.05, 0.1) is 19.9 Å². The number of rotatable bonds is 5. The summed E-state index contributed by atoms with van der Waals surface area (Å²) in [5, 5.41) is 12.5. The molecule has 0 spiro atoms. The fourth-order valence-corrected chi connectivity index (χ4v) is 3.34. The molecule has 1 aromatic heterocycles. The summed E-state index contributed by atoms with van der Waals surface area (Å²) in [6.45, 7) is 0. The van der Waals surface area contributed by atoms with Crippen LogP contribution in [0.3, 0.4) is 0 Å². The fraction of sp³-hybridized carbons (Fsp3) is 0.190. The molecule has 1 atom stereocenters. The van der Waals surface area contributed by atoms with Crippen molar-refractivity contribution < 1.29 is 19.1 Å². The zero-order valence-electron chi connectivity index (χ0n) is 16.0. The molecule has 0 saturated carbocycles. The molecule has 0 bridgehead atoms. The van der Waals surface area contributed by atoms with Crippen molar-refractivity contribution >= 4 is 17.6 Å². The van der Waals surface area contributed by atoms with E-state index in [0.717, 1.165) is 11.1 Å². The Kier molecular flexibility index (Phi) is 4.90. The first-order valence-electron chi connectivity index (χ1n) is 9.06. The number of ether oxygens (including phenoxy) is 2. The van der Waals surface area contributed by atoms with Gasteiger partial charge in [0, 0.05) is 29.7 Å². The lowest BCUT2D eigenvalue weighted by molar-refractivity contribution is -0.118. The van der Waals surface area contributed by atoms with Crippen molar-refractivity contribution in [3.63, 3.8) is 0 Å². The van der Waals surface area contributed by atoms with E-state index in [0.29, 0.717) is 35.0 Å². The lowest BCUT2D eigenvalue weighted by Gasteiger charge is -2.24. The van der Waals surface area contributed by atoms with Gasteiger partial charge in [-0.15, -0.1) is 0 Å². The van der Waals surface area contributed by atoms with E-state index in [1.54, 1.807) is 38.5 Å². The molecule has 1 aliphatic rings. The van der Waals surface area contributed by atoms with Gasteiger partial charge >= 0.3 is 0 Å². The summed E-state index contributed by atoms with van der Waals surface area (Å²) in [6, 6.07) is 13.7. The number of methoxy groups -OCH3 is 2. The van der Waals surface area contributed by atoms with Gasteiger partial charge in [0.1, 0.15) is 17.5 Å². The van der Waals surface area contributed by atoms with Crippen LogP contribution < -0.4 is 20.1 Å². The van der Waals surface area contributed by atoms with Gasteiger partial charge in [-0.25, -0.2) is 0 Å². The topological polar surface area (TPSA) is 105 Å². The van der Waals surface area contributed by atoms with E-state index >= 15 is 0 Å². The summed E-state index contributed by atoms with van der Waals surface area (Å²) in [6.07, 6.45) is 0.428. The van der Waals surface area contributed by atoms with E-state index in [4.69, 9.17) is 9.47 Å². The second-order valence-electron chi connectivity index (χ2n) is 6.61. The lowest BCUT2D eigenvalue weighted by Crippen LogP contribution is -2.48. The van der Waals surface area contributed by atoms with Crippen LogP contribution in [0.4, 0.5) is 5.82 Å². The number of aromatic nitrogens is 2. The number of benzene rings is 2. The Hall–Kier alpha value is -3.81. The largest absolute Gasteiger partial charge is 0.497 e. The number of nitrogens with one attached hydrogen (secondary N) is 3. The maximum Gasteiger partial charge on any atom is 0.252 e. The maximum atomic E-state index is 12.7. The van der Waals surface area contributed by atoms with Crippen molar-refractivity contribution in [3.05, 3.63) is 59.7 Å². The van der Waals surface area contributed by atoms with Crippen molar-refractivity contribution in [3.8, 4) is 22.8 Å². The van der Waals surface area contributed by atoms with Gasteiger partial charge in [0.2, 0.25) is 5.91 Å². The molecule has 1 aliphatic heterocycles. The van der Waals surface area contributed by atoms with Crippen molar-refractivity contribution in [2.45, 2.75) is 12.5 Å². The molecule has 2 amide bonds. The van der Waals surface area contributed by atoms with Crippen LogP contribution in [-0.4, -0.2) is 42.3 Å². The number of hydrogen-bond donors (Lipinski definition) is 3. The number of aromatic amines is 1. The Bertz CT molecular complexity index is 1080. The normalized spacial score (nSPS) is 15.2. The van der Waals surface area contributed by atoms with E-state index in [1.165, 1.54) is 0 Å². The Labute approximate surface area is 167 Å². The SMILES string of the molecule is COc1ccc(-c2cc(NC(=O)C3Cc4ccccc4C(=O)N3)n[nH]2)c(OC)c1. The molecular formula is C21H20N4O4. The van der Waals surface area contributed by atoms with Crippen molar-refractivity contribution in [1.82, 2.24) is 15.5 Å². The van der Waals surface area contributed by atoms with Crippen LogP contribution in [0, 0.1) is 0 Å². The first-order chi connectivity index (χ1) is 14.1. The second-order valence-corrected chi connectivity index (χ2v) is 6.61. The number of amides is 2. The first-order valence-corrected chi connectivity index (χ1v) is 9.06. The monoisotopic (exact) mass is 392 g/mol. The molecule has 3 aromatic rings. The number of carbonyl (C=O) groups is 2. The molecule has 8 nitrogen and oxygen atoms in total. The first kappa shape index (κ1) is 18.5. The zero-order chi connectivity index (χ0) is 20.4. The molecule has 0 aliphatic carbocycles. The zero-order valence-corrected chi connectivity index (χ0v) is 16.0. The molecule has 8 heteroatoms. The van der Waals surface area contributed by atoms with Gasteiger partial charge in [0.15, 0.2) is 5.82 Å². The van der Waals surface area contributed by atoms with Crippen molar-refractivity contribution in [2.24, 2.45) is 0 Å². The summed E-state index contributed by atoms with van der Waals surface area (Å²) in [7, 11) is 3.15. The quantitative estimate of drug-likeness (QED) is 0.618. The molecule has 0 fully saturated rings. The van der Waals surface area contributed by atoms with E-state index in [9.17, 15) is 9.59 Å². The molecular weight excluding hydrogens is 372 g/mol. The minimum atomic E-state index is -0.659. The summed E-state index contributed by atoms with van der Waals surface area (Å²) < 4.78 is 10.6. The highest BCUT2D eigenvalue weighted by Crippen LogP contribution is 2.33. The summed E-state index contributed by atoms with van der Waals surface area (Å²) in [4.78, 5) is 24.9. The Morgan fingerprint density at radius 1 is 1.10 bits per heavy atom. The Morgan fingerprint density at radius 2 is 1.93 bits per heavy atom. The van der Waals surface area contributed by atoms with Gasteiger partial charge in [-0.1, -0.05) is 18.2 Å². The van der Waals surface area contributed by atoms with Gasteiger partial charge in [-0.2, -0.15) is 5.10 Å². The summed E-state index contributed by atoms with van der Waals surface area (Å²) >= 11 is 0. The highest BCUT2D eigenvalue weighted by atomic mass is 16.5. The van der Waals surface area contributed by atoms with Crippen LogP contribution in [0.15, 0.2) is 48.5 Å². The number of nitrogens with zero attached hydrogens (tertiary/aromatic N) is 1. The van der Waals surface area contributed by atoms with Crippen molar-refractivity contribution in [2.75, 3.05) is 19.5 Å². The predicted octanol–water partition coefficient (Wildman–Crippen LogP) is 2.39.